The van der Waals surface area contributed by atoms with E-state index in [9.17, 15) is 14.7 Å². The zero-order valence-corrected chi connectivity index (χ0v) is 17.5. The number of halogens is 2. The SMILES string of the molecule is COc1cc(/C=N/NC(=O)CC(=O)Nc2ccc(C)c(Cl)c2)cc(I)c1O. The van der Waals surface area contributed by atoms with E-state index in [1.54, 1.807) is 30.3 Å². The number of phenols is 1. The molecule has 0 aliphatic carbocycles. The second-order valence-electron chi connectivity index (χ2n) is 5.54. The minimum absolute atomic E-state index is 0.0344. The topological polar surface area (TPSA) is 100 Å². The molecule has 0 radical (unpaired) electrons. The molecule has 0 aliphatic heterocycles. The first-order valence-electron chi connectivity index (χ1n) is 7.74. The lowest BCUT2D eigenvalue weighted by atomic mass is 10.2. The van der Waals surface area contributed by atoms with Crippen LogP contribution in [0.5, 0.6) is 11.5 Å². The number of hydrogen-bond acceptors (Lipinski definition) is 5. The minimum atomic E-state index is -0.567. The number of nitrogens with zero attached hydrogens (tertiary/aromatic N) is 1. The number of carbonyl (C=O) groups excluding carboxylic acids is 2. The van der Waals surface area contributed by atoms with Gasteiger partial charge in [0.1, 0.15) is 6.42 Å². The van der Waals surface area contributed by atoms with Crippen LogP contribution in [0.4, 0.5) is 5.69 Å². The maximum Gasteiger partial charge on any atom is 0.249 e. The van der Waals surface area contributed by atoms with Crippen LogP contribution in [-0.4, -0.2) is 30.2 Å². The fourth-order valence-electron chi connectivity index (χ4n) is 2.06. The molecule has 9 heteroatoms. The van der Waals surface area contributed by atoms with Crippen LogP contribution in [0.15, 0.2) is 35.4 Å². The van der Waals surface area contributed by atoms with Gasteiger partial charge in [-0.2, -0.15) is 5.10 Å². The minimum Gasteiger partial charge on any atom is -0.504 e. The third-order valence-electron chi connectivity index (χ3n) is 3.45. The molecule has 27 heavy (non-hydrogen) atoms. The Bertz CT molecular complexity index is 902. The monoisotopic (exact) mass is 501 g/mol. The molecule has 2 aromatic rings. The molecule has 0 heterocycles. The maximum atomic E-state index is 11.9. The van der Waals surface area contributed by atoms with Crippen LogP contribution < -0.4 is 15.5 Å². The molecule has 0 atom stereocenters. The Morgan fingerprint density at radius 2 is 2.04 bits per heavy atom. The lowest BCUT2D eigenvalue weighted by molar-refractivity contribution is -0.126. The van der Waals surface area contributed by atoms with Crippen LogP contribution in [0.25, 0.3) is 0 Å². The third kappa shape index (κ3) is 6.10. The van der Waals surface area contributed by atoms with Gasteiger partial charge in [0.05, 0.1) is 16.9 Å². The number of anilines is 1. The van der Waals surface area contributed by atoms with Crippen molar-refractivity contribution in [2.24, 2.45) is 5.10 Å². The Balaban J connectivity index is 1.90. The van der Waals surface area contributed by atoms with Crippen molar-refractivity contribution in [2.45, 2.75) is 13.3 Å². The first-order valence-corrected chi connectivity index (χ1v) is 9.20. The number of ether oxygens (including phenoxy) is 1. The van der Waals surface area contributed by atoms with Gasteiger partial charge in [-0.1, -0.05) is 17.7 Å². The second-order valence-corrected chi connectivity index (χ2v) is 7.11. The van der Waals surface area contributed by atoms with Gasteiger partial charge in [-0.05, 0) is 64.9 Å². The first kappa shape index (κ1) is 21.0. The summed E-state index contributed by atoms with van der Waals surface area (Å²) in [5.74, 6) is -0.719. The smallest absolute Gasteiger partial charge is 0.249 e. The van der Waals surface area contributed by atoms with Crippen molar-refractivity contribution in [1.82, 2.24) is 5.43 Å². The number of amides is 2. The van der Waals surface area contributed by atoms with Gasteiger partial charge in [0, 0.05) is 10.7 Å². The van der Waals surface area contributed by atoms with Crippen molar-refractivity contribution >= 4 is 57.9 Å². The molecule has 0 saturated heterocycles. The molecule has 0 aromatic heterocycles. The van der Waals surface area contributed by atoms with E-state index in [1.165, 1.54) is 13.3 Å². The van der Waals surface area contributed by atoms with E-state index in [0.29, 0.717) is 25.6 Å². The van der Waals surface area contributed by atoms with Gasteiger partial charge in [0.15, 0.2) is 11.5 Å². The Kier molecular flexibility index (Phi) is 7.43. The van der Waals surface area contributed by atoms with E-state index in [1.807, 2.05) is 29.5 Å². The van der Waals surface area contributed by atoms with Gasteiger partial charge in [0.2, 0.25) is 11.8 Å². The van der Waals surface area contributed by atoms with Gasteiger partial charge in [-0.3, -0.25) is 9.59 Å². The number of benzene rings is 2. The fourth-order valence-corrected chi connectivity index (χ4v) is 2.87. The van der Waals surface area contributed by atoms with Crippen LogP contribution in [0.1, 0.15) is 17.5 Å². The predicted molar refractivity (Wildman–Crippen MR) is 113 cm³/mol. The van der Waals surface area contributed by atoms with Crippen LogP contribution in [0.3, 0.4) is 0 Å². The van der Waals surface area contributed by atoms with E-state index >= 15 is 0 Å². The van der Waals surface area contributed by atoms with Gasteiger partial charge in [-0.25, -0.2) is 5.43 Å². The average molecular weight is 502 g/mol. The number of hydrazone groups is 1. The van der Waals surface area contributed by atoms with E-state index in [-0.39, 0.29) is 12.2 Å². The molecule has 2 rings (SSSR count). The van der Waals surface area contributed by atoms with Gasteiger partial charge >= 0.3 is 0 Å². The van der Waals surface area contributed by atoms with Crippen molar-refractivity contribution in [3.8, 4) is 11.5 Å². The molecule has 0 fully saturated rings. The van der Waals surface area contributed by atoms with Gasteiger partial charge < -0.3 is 15.2 Å². The molecule has 0 aliphatic rings. The Morgan fingerprint density at radius 3 is 2.70 bits per heavy atom. The summed E-state index contributed by atoms with van der Waals surface area (Å²) < 4.78 is 5.63. The quantitative estimate of drug-likeness (QED) is 0.244. The molecule has 0 spiro atoms. The van der Waals surface area contributed by atoms with E-state index < -0.39 is 11.8 Å². The number of nitrogens with one attached hydrogen (secondary N) is 2. The number of aromatic hydroxyl groups is 1. The molecular weight excluding hydrogens is 485 g/mol. The summed E-state index contributed by atoms with van der Waals surface area (Å²) in [6.45, 7) is 1.85. The number of rotatable bonds is 6. The van der Waals surface area contributed by atoms with Crippen LogP contribution in [0.2, 0.25) is 5.02 Å². The van der Waals surface area contributed by atoms with Crippen molar-refractivity contribution in [1.29, 1.82) is 0 Å². The lowest BCUT2D eigenvalue weighted by Gasteiger charge is -2.07. The zero-order chi connectivity index (χ0) is 20.0. The standard InChI is InChI=1S/C18H17ClIN3O4/c1-10-3-4-12(7-13(10)19)22-16(24)8-17(25)23-21-9-11-5-14(20)18(26)15(6-11)27-2/h3-7,9,26H,8H2,1-2H3,(H,22,24)(H,23,25)/b21-9+. The first-order chi connectivity index (χ1) is 12.8. The Labute approximate surface area is 174 Å². The highest BCUT2D eigenvalue weighted by Gasteiger charge is 2.10. The normalized spacial score (nSPS) is 10.7. The molecule has 2 aromatic carbocycles. The summed E-state index contributed by atoms with van der Waals surface area (Å²) in [5, 5.41) is 16.7. The molecule has 3 N–H and O–H groups in total. The highest BCUT2D eigenvalue weighted by molar-refractivity contribution is 14.1. The van der Waals surface area contributed by atoms with Gasteiger partial charge in [0.25, 0.3) is 0 Å². The molecule has 7 nitrogen and oxygen atoms in total. The number of carbonyl (C=O) groups is 2. The van der Waals surface area contributed by atoms with Crippen LogP contribution in [0, 0.1) is 10.5 Å². The van der Waals surface area contributed by atoms with Crippen molar-refractivity contribution < 1.29 is 19.4 Å². The predicted octanol–water partition coefficient (Wildman–Crippen LogP) is 3.45. The highest BCUT2D eigenvalue weighted by Crippen LogP contribution is 2.31. The van der Waals surface area contributed by atoms with Crippen LogP contribution in [-0.2, 0) is 9.59 Å². The molecule has 0 saturated carbocycles. The third-order valence-corrected chi connectivity index (χ3v) is 4.68. The number of aryl methyl sites for hydroxylation is 1. The average Bonchev–Trinajstić information content (AvgIpc) is 2.60. The highest BCUT2D eigenvalue weighted by atomic mass is 127. The molecule has 0 unspecified atom stereocenters. The summed E-state index contributed by atoms with van der Waals surface area (Å²) in [7, 11) is 1.44. The van der Waals surface area contributed by atoms with Crippen molar-refractivity contribution in [3.63, 3.8) is 0 Å². The summed E-state index contributed by atoms with van der Waals surface area (Å²) in [5.41, 5.74) is 4.30. The fraction of sp³-hybridized carbons (Fsp3) is 0.167. The molecule has 2 amide bonds. The van der Waals surface area contributed by atoms with Crippen molar-refractivity contribution in [2.75, 3.05) is 12.4 Å². The van der Waals surface area contributed by atoms with Crippen molar-refractivity contribution in [3.05, 3.63) is 50.1 Å². The van der Waals surface area contributed by atoms with Crippen LogP contribution >= 0.6 is 34.2 Å². The molecule has 142 valence electrons. The summed E-state index contributed by atoms with van der Waals surface area (Å²) in [6.07, 6.45) is 0.999. The van der Waals surface area contributed by atoms with Gasteiger partial charge in [-0.15, -0.1) is 0 Å². The van der Waals surface area contributed by atoms with E-state index in [2.05, 4.69) is 15.8 Å². The lowest BCUT2D eigenvalue weighted by Crippen LogP contribution is -2.24. The number of methoxy groups -OCH3 is 1. The summed E-state index contributed by atoms with van der Waals surface area (Å²) in [4.78, 5) is 23.7. The number of phenolic OH excluding ortho intramolecular Hbond substituents is 1. The molecule has 0 bridgehead atoms. The maximum absolute atomic E-state index is 11.9. The summed E-state index contributed by atoms with van der Waals surface area (Å²) in [6, 6.07) is 8.33. The largest absolute Gasteiger partial charge is 0.504 e. The van der Waals surface area contributed by atoms with E-state index in [0.717, 1.165) is 5.56 Å². The Morgan fingerprint density at radius 1 is 1.30 bits per heavy atom. The zero-order valence-electron chi connectivity index (χ0n) is 14.5. The van der Waals surface area contributed by atoms with E-state index in [4.69, 9.17) is 16.3 Å². The Hall–Kier alpha value is -2.33. The molecular formula is C18H17ClIN3O4. The number of hydrogen-bond donors (Lipinski definition) is 3. The second kappa shape index (κ2) is 9.56. The summed E-state index contributed by atoms with van der Waals surface area (Å²) >= 11 is 7.95.